The minimum atomic E-state index is -1.12. The summed E-state index contributed by atoms with van der Waals surface area (Å²) < 4.78 is 5.99. The molecule has 1 aliphatic heterocycles. The number of carbonyl (C=O) groups excluding carboxylic acids is 3. The molecule has 0 aliphatic carbocycles. The molecule has 0 saturated heterocycles. The van der Waals surface area contributed by atoms with Crippen molar-refractivity contribution in [3.05, 3.63) is 90.0 Å². The van der Waals surface area contributed by atoms with Crippen LogP contribution in [0.4, 0.5) is 11.4 Å². The molecule has 0 bridgehead atoms. The van der Waals surface area contributed by atoms with Crippen molar-refractivity contribution >= 4 is 29.1 Å². The van der Waals surface area contributed by atoms with E-state index in [1.807, 2.05) is 36.4 Å². The number of carbonyl (C=O) groups is 3. The molecule has 0 saturated carbocycles. The third kappa shape index (κ3) is 4.50. The van der Waals surface area contributed by atoms with E-state index in [1.54, 1.807) is 63.2 Å². The van der Waals surface area contributed by atoms with Crippen LogP contribution in [0.1, 0.15) is 36.7 Å². The molecule has 1 atom stereocenters. The van der Waals surface area contributed by atoms with Gasteiger partial charge in [0, 0.05) is 6.54 Å². The highest BCUT2D eigenvalue weighted by Crippen LogP contribution is 2.37. The Morgan fingerprint density at radius 2 is 1.62 bits per heavy atom. The molecular weight excluding hydrogens is 430 g/mol. The number of fused-ring (bicyclic) bond motifs is 1. The van der Waals surface area contributed by atoms with Crippen LogP contribution < -0.4 is 20.3 Å². The molecule has 7 nitrogen and oxygen atoms in total. The number of benzene rings is 3. The first kappa shape index (κ1) is 23.0. The molecule has 1 unspecified atom stereocenters. The van der Waals surface area contributed by atoms with Crippen molar-refractivity contribution < 1.29 is 19.1 Å². The number of nitrogens with one attached hydrogen (secondary N) is 2. The lowest BCUT2D eigenvalue weighted by Crippen LogP contribution is -2.60. The quantitative estimate of drug-likeness (QED) is 0.582. The highest BCUT2D eigenvalue weighted by atomic mass is 16.5. The van der Waals surface area contributed by atoms with Gasteiger partial charge in [0.05, 0.1) is 16.9 Å². The average Bonchev–Trinajstić information content (AvgIpc) is 2.84. The zero-order valence-electron chi connectivity index (χ0n) is 19.4. The molecule has 1 aliphatic rings. The molecule has 34 heavy (non-hydrogen) atoms. The Kier molecular flexibility index (Phi) is 6.36. The largest absolute Gasteiger partial charge is 0.480 e. The van der Waals surface area contributed by atoms with Gasteiger partial charge in [0.15, 0.2) is 6.10 Å². The van der Waals surface area contributed by atoms with E-state index < -0.39 is 11.6 Å². The van der Waals surface area contributed by atoms with E-state index in [0.717, 1.165) is 5.56 Å². The molecule has 7 heteroatoms. The number of anilines is 2. The van der Waals surface area contributed by atoms with Gasteiger partial charge in [-0.3, -0.25) is 19.3 Å². The van der Waals surface area contributed by atoms with E-state index in [-0.39, 0.29) is 17.7 Å². The molecule has 1 heterocycles. The minimum Gasteiger partial charge on any atom is -0.480 e. The summed E-state index contributed by atoms with van der Waals surface area (Å²) in [5.74, 6) is -0.678. The lowest BCUT2D eigenvalue weighted by molar-refractivity contribution is -0.130. The van der Waals surface area contributed by atoms with Gasteiger partial charge in [-0.25, -0.2) is 0 Å². The van der Waals surface area contributed by atoms with E-state index in [9.17, 15) is 14.4 Å². The maximum absolute atomic E-state index is 13.5. The number of nitrogens with zero attached hydrogens (tertiary/aromatic N) is 1. The van der Waals surface area contributed by atoms with Crippen LogP contribution in [0.15, 0.2) is 78.9 Å². The van der Waals surface area contributed by atoms with Crippen molar-refractivity contribution in [2.45, 2.75) is 39.0 Å². The number of ether oxygens (including phenoxy) is 1. The van der Waals surface area contributed by atoms with Crippen LogP contribution in [-0.2, 0) is 16.1 Å². The molecule has 4 rings (SSSR count). The lowest BCUT2D eigenvalue weighted by atomic mass is 9.95. The highest BCUT2D eigenvalue weighted by molar-refractivity contribution is 6.15. The number of amides is 3. The number of para-hydroxylation sites is 3. The molecule has 3 aromatic carbocycles. The van der Waals surface area contributed by atoms with E-state index >= 15 is 0 Å². The molecule has 2 N–H and O–H groups in total. The van der Waals surface area contributed by atoms with Crippen molar-refractivity contribution in [3.8, 4) is 5.75 Å². The Labute approximate surface area is 198 Å². The van der Waals surface area contributed by atoms with Crippen LogP contribution in [0, 0.1) is 0 Å². The van der Waals surface area contributed by atoms with Crippen molar-refractivity contribution in [2.24, 2.45) is 0 Å². The highest BCUT2D eigenvalue weighted by Gasteiger charge is 2.45. The first-order valence-corrected chi connectivity index (χ1v) is 11.1. The summed E-state index contributed by atoms with van der Waals surface area (Å²) in [5.41, 5.74) is 1.35. The van der Waals surface area contributed by atoms with Crippen LogP contribution in [0.25, 0.3) is 0 Å². The Hall–Kier alpha value is -4.13. The Morgan fingerprint density at radius 1 is 0.971 bits per heavy atom. The Bertz CT molecular complexity index is 1220. The molecule has 3 aromatic rings. The van der Waals surface area contributed by atoms with Gasteiger partial charge < -0.3 is 15.4 Å². The van der Waals surface area contributed by atoms with Gasteiger partial charge in [0.1, 0.15) is 11.3 Å². The van der Waals surface area contributed by atoms with Gasteiger partial charge in [-0.05, 0) is 50.6 Å². The summed E-state index contributed by atoms with van der Waals surface area (Å²) in [6.07, 6.45) is -0.943. The van der Waals surface area contributed by atoms with Crippen molar-refractivity contribution in [1.82, 2.24) is 5.32 Å². The fourth-order valence-electron chi connectivity index (χ4n) is 3.90. The van der Waals surface area contributed by atoms with E-state index in [2.05, 4.69) is 10.6 Å². The van der Waals surface area contributed by atoms with Gasteiger partial charge in [-0.15, -0.1) is 0 Å². The topological polar surface area (TPSA) is 87.7 Å². The predicted octanol–water partition coefficient (Wildman–Crippen LogP) is 4.15. The Morgan fingerprint density at radius 3 is 2.38 bits per heavy atom. The average molecular weight is 458 g/mol. The van der Waals surface area contributed by atoms with Crippen molar-refractivity contribution in [1.29, 1.82) is 0 Å². The lowest BCUT2D eigenvalue weighted by Gasteiger charge is -2.42. The summed E-state index contributed by atoms with van der Waals surface area (Å²) in [7, 11) is 0. The second kappa shape index (κ2) is 9.39. The molecular formula is C27H27N3O4. The van der Waals surface area contributed by atoms with E-state index in [1.165, 1.54) is 4.90 Å². The standard InChI is InChI=1S/C27H27N3O4/c1-18(25(32)30-22-15-9-8-14-21(22)29-26(33)27(30,2)3)34-23-16-10-7-13-20(23)24(31)28-17-19-11-5-4-6-12-19/h4-16,18H,17H2,1-3H3,(H,28,31)(H,29,33). The zero-order valence-corrected chi connectivity index (χ0v) is 19.4. The van der Waals surface area contributed by atoms with Crippen LogP contribution in [0.3, 0.4) is 0 Å². The van der Waals surface area contributed by atoms with Gasteiger partial charge in [0.25, 0.3) is 11.8 Å². The summed E-state index contributed by atoms with van der Waals surface area (Å²) in [6, 6.07) is 23.5. The first-order valence-electron chi connectivity index (χ1n) is 11.1. The predicted molar refractivity (Wildman–Crippen MR) is 131 cm³/mol. The number of hydrogen-bond donors (Lipinski definition) is 2. The third-order valence-electron chi connectivity index (χ3n) is 5.81. The van der Waals surface area contributed by atoms with Gasteiger partial charge in [0.2, 0.25) is 5.91 Å². The monoisotopic (exact) mass is 457 g/mol. The second-order valence-corrected chi connectivity index (χ2v) is 8.63. The fraction of sp³-hybridized carbons (Fsp3) is 0.222. The summed E-state index contributed by atoms with van der Waals surface area (Å²) in [6.45, 7) is 5.37. The SMILES string of the molecule is CC(Oc1ccccc1C(=O)NCc1ccccc1)C(=O)N1c2ccccc2NC(=O)C1(C)C. The van der Waals surface area contributed by atoms with Crippen LogP contribution in [0.5, 0.6) is 5.75 Å². The molecule has 3 amide bonds. The summed E-state index contributed by atoms with van der Waals surface area (Å²) in [5, 5.41) is 5.73. The normalized spacial score (nSPS) is 15.0. The third-order valence-corrected chi connectivity index (χ3v) is 5.81. The van der Waals surface area contributed by atoms with Gasteiger partial charge in [-0.2, -0.15) is 0 Å². The number of rotatable bonds is 6. The van der Waals surface area contributed by atoms with E-state index in [4.69, 9.17) is 4.74 Å². The minimum absolute atomic E-state index is 0.285. The fourth-order valence-corrected chi connectivity index (χ4v) is 3.90. The van der Waals surface area contributed by atoms with Crippen LogP contribution in [-0.4, -0.2) is 29.4 Å². The Balaban J connectivity index is 1.54. The molecule has 0 aromatic heterocycles. The molecule has 0 spiro atoms. The maximum atomic E-state index is 13.5. The van der Waals surface area contributed by atoms with Crippen molar-refractivity contribution in [3.63, 3.8) is 0 Å². The van der Waals surface area contributed by atoms with Gasteiger partial charge in [-0.1, -0.05) is 54.6 Å². The van der Waals surface area contributed by atoms with E-state index in [0.29, 0.717) is 29.2 Å². The molecule has 0 radical (unpaired) electrons. The summed E-state index contributed by atoms with van der Waals surface area (Å²) in [4.78, 5) is 40.6. The second-order valence-electron chi connectivity index (χ2n) is 8.63. The van der Waals surface area contributed by atoms with Crippen LogP contribution >= 0.6 is 0 Å². The van der Waals surface area contributed by atoms with Crippen LogP contribution in [0.2, 0.25) is 0 Å². The molecule has 174 valence electrons. The van der Waals surface area contributed by atoms with Crippen molar-refractivity contribution in [2.75, 3.05) is 10.2 Å². The number of hydrogen-bond acceptors (Lipinski definition) is 4. The first-order chi connectivity index (χ1) is 16.3. The smallest absolute Gasteiger partial charge is 0.268 e. The zero-order chi connectivity index (χ0) is 24.3. The molecule has 0 fully saturated rings. The maximum Gasteiger partial charge on any atom is 0.268 e. The van der Waals surface area contributed by atoms with Gasteiger partial charge >= 0.3 is 0 Å². The summed E-state index contributed by atoms with van der Waals surface area (Å²) >= 11 is 0.